The lowest BCUT2D eigenvalue weighted by molar-refractivity contribution is -0.106. The molecule has 0 fully saturated rings. The fourth-order valence-corrected chi connectivity index (χ4v) is 1.20. The molecule has 1 aliphatic heterocycles. The maximum absolute atomic E-state index is 10.5. The van der Waals surface area contributed by atoms with Gasteiger partial charge in [-0.05, 0) is 13.3 Å². The van der Waals surface area contributed by atoms with Gasteiger partial charge >= 0.3 is 0 Å². The number of allylic oxidation sites excluding steroid dienone is 2. The molecule has 0 aliphatic carbocycles. The third-order valence-corrected chi connectivity index (χ3v) is 1.84. The van der Waals surface area contributed by atoms with Gasteiger partial charge in [-0.15, -0.1) is 0 Å². The molecule has 0 spiro atoms. The van der Waals surface area contributed by atoms with Crippen LogP contribution in [-0.2, 0) is 4.79 Å². The van der Waals surface area contributed by atoms with E-state index in [1.165, 1.54) is 0 Å². The van der Waals surface area contributed by atoms with Gasteiger partial charge in [-0.3, -0.25) is 4.79 Å². The maximum Gasteiger partial charge on any atom is 0.165 e. The highest BCUT2D eigenvalue weighted by Crippen LogP contribution is 2.07. The van der Waals surface area contributed by atoms with Crippen molar-refractivity contribution in [1.29, 1.82) is 0 Å². The summed E-state index contributed by atoms with van der Waals surface area (Å²) in [4.78, 5) is 12.6. The lowest BCUT2D eigenvalue weighted by Gasteiger charge is -2.24. The van der Waals surface area contributed by atoms with Crippen molar-refractivity contribution in [3.63, 3.8) is 0 Å². The summed E-state index contributed by atoms with van der Waals surface area (Å²) >= 11 is 0. The van der Waals surface area contributed by atoms with Gasteiger partial charge in [0, 0.05) is 13.1 Å². The van der Waals surface area contributed by atoms with Crippen molar-refractivity contribution in [2.45, 2.75) is 13.3 Å². The smallest absolute Gasteiger partial charge is 0.165 e. The van der Waals surface area contributed by atoms with Crippen molar-refractivity contribution in [3.05, 3.63) is 23.9 Å². The third-order valence-electron chi connectivity index (χ3n) is 1.84. The Morgan fingerprint density at radius 1 is 1.55 bits per heavy atom. The minimum Gasteiger partial charge on any atom is -0.365 e. The first kappa shape index (κ1) is 8.05. The average molecular weight is 151 g/mol. The Labute approximate surface area is 67.2 Å². The number of aldehydes is 1. The number of carbonyl (C=O) groups is 1. The summed E-state index contributed by atoms with van der Waals surface area (Å²) in [6.07, 6.45) is 8.06. The van der Waals surface area contributed by atoms with Gasteiger partial charge in [0.25, 0.3) is 0 Å². The number of hydrogen-bond donors (Lipinski definition) is 0. The van der Waals surface area contributed by atoms with E-state index < -0.39 is 0 Å². The van der Waals surface area contributed by atoms with Crippen molar-refractivity contribution in [2.75, 3.05) is 13.1 Å². The van der Waals surface area contributed by atoms with Crippen LogP contribution in [-0.4, -0.2) is 24.3 Å². The Morgan fingerprint density at radius 3 is 2.82 bits per heavy atom. The van der Waals surface area contributed by atoms with Gasteiger partial charge in [0.05, 0.1) is 5.70 Å². The van der Waals surface area contributed by atoms with Crippen LogP contribution in [0.3, 0.4) is 0 Å². The predicted octanol–water partition coefficient (Wildman–Crippen LogP) is 1.35. The van der Waals surface area contributed by atoms with Crippen LogP contribution >= 0.6 is 0 Å². The summed E-state index contributed by atoms with van der Waals surface area (Å²) in [7, 11) is 0. The second-order valence-corrected chi connectivity index (χ2v) is 2.54. The third kappa shape index (κ3) is 1.93. The molecule has 60 valence electrons. The van der Waals surface area contributed by atoms with Crippen LogP contribution in [0.15, 0.2) is 23.9 Å². The molecule has 0 aromatic carbocycles. The number of carbonyl (C=O) groups excluding carboxylic acids is 1. The van der Waals surface area contributed by atoms with Crippen molar-refractivity contribution in [1.82, 2.24) is 4.90 Å². The van der Waals surface area contributed by atoms with E-state index in [9.17, 15) is 4.79 Å². The Morgan fingerprint density at radius 2 is 2.36 bits per heavy atom. The molecule has 0 saturated heterocycles. The van der Waals surface area contributed by atoms with Gasteiger partial charge in [-0.2, -0.15) is 0 Å². The molecule has 11 heavy (non-hydrogen) atoms. The summed E-state index contributed by atoms with van der Waals surface area (Å²) in [5.74, 6) is 0. The second-order valence-electron chi connectivity index (χ2n) is 2.54. The number of nitrogens with zero attached hydrogens (tertiary/aromatic N) is 1. The van der Waals surface area contributed by atoms with E-state index in [-0.39, 0.29) is 0 Å². The molecule has 0 N–H and O–H groups in total. The lowest BCUT2D eigenvalue weighted by atomic mass is 10.2. The highest BCUT2D eigenvalue weighted by molar-refractivity contribution is 5.72. The molecule has 1 aliphatic rings. The molecule has 0 aromatic heterocycles. The standard InChI is InChI=1S/C9H13NO/c1-2-9(8-11)10-6-4-3-5-7-10/h2-4,8H,5-7H2,1H3. The van der Waals surface area contributed by atoms with E-state index in [0.717, 1.165) is 31.5 Å². The minimum absolute atomic E-state index is 0.800. The monoisotopic (exact) mass is 151 g/mol. The van der Waals surface area contributed by atoms with Gasteiger partial charge in [0.1, 0.15) is 0 Å². The van der Waals surface area contributed by atoms with Crippen LogP contribution in [0.1, 0.15) is 13.3 Å². The van der Waals surface area contributed by atoms with Gasteiger partial charge in [-0.1, -0.05) is 18.2 Å². The summed E-state index contributed by atoms with van der Waals surface area (Å²) in [6.45, 7) is 3.73. The largest absolute Gasteiger partial charge is 0.365 e. The normalized spacial score (nSPS) is 18.6. The molecule has 1 heterocycles. The van der Waals surface area contributed by atoms with E-state index in [1.54, 1.807) is 0 Å². The predicted molar refractivity (Wildman–Crippen MR) is 45.2 cm³/mol. The molecule has 0 aromatic rings. The minimum atomic E-state index is 0.800. The molecule has 2 nitrogen and oxygen atoms in total. The molecular weight excluding hydrogens is 138 g/mol. The number of rotatable bonds is 2. The van der Waals surface area contributed by atoms with Crippen molar-refractivity contribution in [3.8, 4) is 0 Å². The van der Waals surface area contributed by atoms with E-state index >= 15 is 0 Å². The highest BCUT2D eigenvalue weighted by Gasteiger charge is 2.07. The van der Waals surface area contributed by atoms with Crippen LogP contribution in [0.5, 0.6) is 0 Å². The van der Waals surface area contributed by atoms with Crippen LogP contribution in [0.25, 0.3) is 0 Å². The molecular formula is C9H13NO. The van der Waals surface area contributed by atoms with Crippen molar-refractivity contribution >= 4 is 6.29 Å². The lowest BCUT2D eigenvalue weighted by Crippen LogP contribution is -2.27. The molecule has 0 saturated carbocycles. The van der Waals surface area contributed by atoms with Crippen LogP contribution in [0, 0.1) is 0 Å². The van der Waals surface area contributed by atoms with Gasteiger partial charge in [0.15, 0.2) is 6.29 Å². The van der Waals surface area contributed by atoms with E-state index in [0.29, 0.717) is 0 Å². The van der Waals surface area contributed by atoms with Crippen molar-refractivity contribution < 1.29 is 4.79 Å². The van der Waals surface area contributed by atoms with Crippen LogP contribution < -0.4 is 0 Å². The van der Waals surface area contributed by atoms with Crippen LogP contribution in [0.2, 0.25) is 0 Å². The molecule has 1 rings (SSSR count). The molecule has 0 atom stereocenters. The molecule has 0 unspecified atom stereocenters. The van der Waals surface area contributed by atoms with Gasteiger partial charge in [0.2, 0.25) is 0 Å². The Balaban J connectivity index is 2.59. The Hall–Kier alpha value is -1.05. The van der Waals surface area contributed by atoms with Gasteiger partial charge < -0.3 is 4.90 Å². The quantitative estimate of drug-likeness (QED) is 0.337. The molecule has 0 bridgehead atoms. The zero-order valence-corrected chi connectivity index (χ0v) is 6.79. The van der Waals surface area contributed by atoms with E-state index in [2.05, 4.69) is 17.1 Å². The van der Waals surface area contributed by atoms with Crippen LogP contribution in [0.4, 0.5) is 0 Å². The zero-order chi connectivity index (χ0) is 8.10. The van der Waals surface area contributed by atoms with Gasteiger partial charge in [-0.25, -0.2) is 0 Å². The topological polar surface area (TPSA) is 20.3 Å². The summed E-state index contributed by atoms with van der Waals surface area (Å²) in [5.41, 5.74) is 0.800. The fraction of sp³-hybridized carbons (Fsp3) is 0.444. The summed E-state index contributed by atoms with van der Waals surface area (Å²) in [6, 6.07) is 0. The van der Waals surface area contributed by atoms with Crippen molar-refractivity contribution in [2.24, 2.45) is 0 Å². The highest BCUT2D eigenvalue weighted by atomic mass is 16.1. The molecule has 2 heteroatoms. The molecule has 0 radical (unpaired) electrons. The maximum atomic E-state index is 10.5. The summed E-state index contributed by atoms with van der Waals surface area (Å²) < 4.78 is 0. The van der Waals surface area contributed by atoms with E-state index in [4.69, 9.17) is 0 Å². The Kier molecular flexibility index (Phi) is 2.90. The van der Waals surface area contributed by atoms with E-state index in [1.807, 2.05) is 13.0 Å². The first-order valence-corrected chi connectivity index (χ1v) is 3.90. The first-order chi connectivity index (χ1) is 5.38. The second kappa shape index (κ2) is 3.96. The fourth-order valence-electron chi connectivity index (χ4n) is 1.20. The summed E-state index contributed by atoms with van der Waals surface area (Å²) in [5, 5.41) is 0. The average Bonchev–Trinajstić information content (AvgIpc) is 2.09. The first-order valence-electron chi connectivity index (χ1n) is 3.90. The molecule has 0 amide bonds. The number of hydrogen-bond acceptors (Lipinski definition) is 2. The SMILES string of the molecule is CC=C(C=O)N1CC=CCC1. The Bertz CT molecular complexity index is 194. The zero-order valence-electron chi connectivity index (χ0n) is 6.79.